The van der Waals surface area contributed by atoms with Gasteiger partial charge in [-0.05, 0) is 31.2 Å². The Labute approximate surface area is 168 Å². The van der Waals surface area contributed by atoms with Gasteiger partial charge in [-0.15, -0.1) is 0 Å². The van der Waals surface area contributed by atoms with Crippen molar-refractivity contribution < 1.29 is 19.2 Å². The van der Waals surface area contributed by atoms with Crippen LogP contribution in [0.3, 0.4) is 0 Å². The minimum absolute atomic E-state index is 0.119. The number of hydrogen-bond donors (Lipinski definition) is 2. The van der Waals surface area contributed by atoms with Gasteiger partial charge in [0.15, 0.2) is 0 Å². The summed E-state index contributed by atoms with van der Waals surface area (Å²) < 4.78 is 0. The van der Waals surface area contributed by atoms with Crippen LogP contribution in [-0.4, -0.2) is 63.6 Å². The number of hydrogen-bond acceptors (Lipinski definition) is 4. The van der Waals surface area contributed by atoms with Gasteiger partial charge in [0.1, 0.15) is 17.6 Å². The molecule has 4 heterocycles. The lowest BCUT2D eigenvalue weighted by Crippen LogP contribution is -2.53. The highest BCUT2D eigenvalue weighted by Gasteiger charge is 2.61. The molecule has 0 aliphatic carbocycles. The molecule has 152 valence electrons. The number of nitrogens with two attached hydrogens (primary N) is 1. The molecule has 1 spiro atoms. The molecule has 0 saturated carbocycles. The third kappa shape index (κ3) is 2.51. The van der Waals surface area contributed by atoms with Crippen molar-refractivity contribution in [3.8, 4) is 0 Å². The number of likely N-dealkylation sites (tertiary alicyclic amines) is 1. The molecule has 0 radical (unpaired) electrons. The second kappa shape index (κ2) is 6.30. The molecule has 4 aliphatic rings. The number of nitrogens with one attached hydrogen (secondary N) is 1. The summed E-state index contributed by atoms with van der Waals surface area (Å²) in [6.07, 6.45) is 2.54. The van der Waals surface area contributed by atoms with Crippen LogP contribution < -0.4 is 11.1 Å². The third-order valence-electron chi connectivity index (χ3n) is 7.15. The van der Waals surface area contributed by atoms with E-state index >= 15 is 0 Å². The molecule has 4 aliphatic heterocycles. The lowest BCUT2D eigenvalue weighted by Gasteiger charge is -2.31. The zero-order valence-corrected chi connectivity index (χ0v) is 16.0. The predicted molar refractivity (Wildman–Crippen MR) is 102 cm³/mol. The fraction of sp³-hybridized carbons (Fsp3) is 0.524. The van der Waals surface area contributed by atoms with Gasteiger partial charge in [-0.1, -0.05) is 30.3 Å². The molecule has 29 heavy (non-hydrogen) atoms. The summed E-state index contributed by atoms with van der Waals surface area (Å²) in [4.78, 5) is 53.9. The highest BCUT2D eigenvalue weighted by atomic mass is 16.2. The van der Waals surface area contributed by atoms with Gasteiger partial charge in [-0.3, -0.25) is 19.2 Å². The molecular formula is C21H24N4O4. The van der Waals surface area contributed by atoms with E-state index < -0.39 is 23.5 Å². The highest BCUT2D eigenvalue weighted by Crippen LogP contribution is 2.47. The maximum atomic E-state index is 13.5. The molecule has 1 aromatic rings. The number of benzene rings is 1. The number of fused-ring (bicyclic) bond motifs is 1. The number of nitrogens with zero attached hydrogens (tertiary/aromatic N) is 2. The van der Waals surface area contributed by atoms with Crippen molar-refractivity contribution in [2.75, 3.05) is 6.54 Å². The maximum Gasteiger partial charge on any atom is 0.249 e. The molecule has 4 fully saturated rings. The van der Waals surface area contributed by atoms with Crippen LogP contribution in [0.1, 0.15) is 43.6 Å². The molecule has 0 bridgehead atoms. The van der Waals surface area contributed by atoms with E-state index in [1.165, 1.54) is 0 Å². The summed E-state index contributed by atoms with van der Waals surface area (Å²) in [7, 11) is 0. The Bertz CT molecular complexity index is 903. The van der Waals surface area contributed by atoms with E-state index in [0.717, 1.165) is 5.56 Å². The Kier molecular flexibility index (Phi) is 3.94. The van der Waals surface area contributed by atoms with Crippen molar-refractivity contribution >= 4 is 23.6 Å². The molecule has 4 saturated heterocycles. The van der Waals surface area contributed by atoms with Gasteiger partial charge in [0.2, 0.25) is 23.6 Å². The molecular weight excluding hydrogens is 372 g/mol. The summed E-state index contributed by atoms with van der Waals surface area (Å²) >= 11 is 0. The van der Waals surface area contributed by atoms with Crippen LogP contribution in [0, 0.1) is 0 Å². The minimum atomic E-state index is -0.880. The lowest BCUT2D eigenvalue weighted by molar-refractivity contribution is -0.144. The van der Waals surface area contributed by atoms with E-state index in [-0.39, 0.29) is 29.7 Å². The molecule has 1 aromatic carbocycles. The van der Waals surface area contributed by atoms with Crippen molar-refractivity contribution in [3.05, 3.63) is 35.9 Å². The molecule has 5 atom stereocenters. The highest BCUT2D eigenvalue weighted by molar-refractivity contribution is 6.00. The summed E-state index contributed by atoms with van der Waals surface area (Å²) in [5.41, 5.74) is 5.67. The summed E-state index contributed by atoms with van der Waals surface area (Å²) in [6, 6.07) is 8.25. The van der Waals surface area contributed by atoms with Gasteiger partial charge >= 0.3 is 0 Å². The first-order valence-electron chi connectivity index (χ1n) is 10.2. The van der Waals surface area contributed by atoms with Crippen LogP contribution in [0.2, 0.25) is 0 Å². The zero-order chi connectivity index (χ0) is 20.3. The van der Waals surface area contributed by atoms with Gasteiger partial charge in [0.25, 0.3) is 0 Å². The first kappa shape index (κ1) is 18.1. The van der Waals surface area contributed by atoms with Gasteiger partial charge in [0.05, 0.1) is 0 Å². The zero-order valence-electron chi connectivity index (χ0n) is 16.0. The molecule has 0 aromatic heterocycles. The number of carbonyl (C=O) groups is 4. The van der Waals surface area contributed by atoms with Gasteiger partial charge < -0.3 is 20.9 Å². The molecule has 4 amide bonds. The number of rotatable bonds is 3. The van der Waals surface area contributed by atoms with Crippen LogP contribution in [0.15, 0.2) is 30.3 Å². The first-order chi connectivity index (χ1) is 13.9. The van der Waals surface area contributed by atoms with Crippen LogP contribution in [-0.2, 0) is 19.2 Å². The van der Waals surface area contributed by atoms with Gasteiger partial charge in [-0.2, -0.15) is 0 Å². The quantitative estimate of drug-likeness (QED) is 0.741. The summed E-state index contributed by atoms with van der Waals surface area (Å²) in [6.45, 7) is 0.417. The Balaban J connectivity index is 1.54. The molecule has 5 rings (SSSR count). The Morgan fingerprint density at radius 2 is 1.86 bits per heavy atom. The number of carbonyl (C=O) groups excluding carboxylic acids is 4. The second-order valence-electron chi connectivity index (χ2n) is 8.57. The fourth-order valence-corrected chi connectivity index (χ4v) is 5.84. The third-order valence-corrected chi connectivity index (χ3v) is 7.15. The van der Waals surface area contributed by atoms with E-state index in [9.17, 15) is 19.2 Å². The van der Waals surface area contributed by atoms with E-state index in [2.05, 4.69) is 5.32 Å². The molecule has 8 nitrogen and oxygen atoms in total. The van der Waals surface area contributed by atoms with Crippen LogP contribution in [0.4, 0.5) is 0 Å². The summed E-state index contributed by atoms with van der Waals surface area (Å²) in [5.74, 6) is -1.23. The van der Waals surface area contributed by atoms with Crippen molar-refractivity contribution in [1.29, 1.82) is 0 Å². The number of amides is 4. The average molecular weight is 396 g/mol. The predicted octanol–water partition coefficient (Wildman–Crippen LogP) is -0.122. The van der Waals surface area contributed by atoms with Crippen LogP contribution >= 0.6 is 0 Å². The standard InChI is InChI=1S/C21H24N4O4/c22-18(27)14-7-6-13-16(12-4-2-1-3-5-12)17(19(28)25(13)14)24-11-10-21(20(24)29)9-8-15(26)23-21/h1-5,13-14,16-17H,6-11H2,(H2,22,27)(H,23,26). The van der Waals surface area contributed by atoms with E-state index in [0.29, 0.717) is 38.6 Å². The van der Waals surface area contributed by atoms with E-state index in [1.54, 1.807) is 9.80 Å². The first-order valence-corrected chi connectivity index (χ1v) is 10.2. The second-order valence-corrected chi connectivity index (χ2v) is 8.57. The Hall–Kier alpha value is -2.90. The average Bonchev–Trinajstić information content (AvgIpc) is 3.43. The minimum Gasteiger partial charge on any atom is -0.368 e. The topological polar surface area (TPSA) is 113 Å². The van der Waals surface area contributed by atoms with Crippen molar-refractivity contribution in [3.63, 3.8) is 0 Å². The SMILES string of the molecule is NC(=O)C1CCC2C(c3ccccc3)C(N3CCC4(CCC(=O)N4)C3=O)C(=O)N12. The number of primary amides is 1. The van der Waals surface area contributed by atoms with E-state index in [1.807, 2.05) is 30.3 Å². The normalized spacial score (nSPS) is 36.2. The van der Waals surface area contributed by atoms with E-state index in [4.69, 9.17) is 5.73 Å². The lowest BCUT2D eigenvalue weighted by atomic mass is 9.86. The monoisotopic (exact) mass is 396 g/mol. The van der Waals surface area contributed by atoms with Crippen molar-refractivity contribution in [2.45, 2.75) is 61.7 Å². The van der Waals surface area contributed by atoms with Gasteiger partial charge in [0, 0.05) is 24.9 Å². The van der Waals surface area contributed by atoms with Crippen LogP contribution in [0.5, 0.6) is 0 Å². The smallest absolute Gasteiger partial charge is 0.249 e. The molecule has 8 heteroatoms. The maximum absolute atomic E-state index is 13.5. The van der Waals surface area contributed by atoms with Crippen molar-refractivity contribution in [2.24, 2.45) is 5.73 Å². The summed E-state index contributed by atoms with van der Waals surface area (Å²) in [5, 5.41) is 2.85. The molecule has 5 unspecified atom stereocenters. The van der Waals surface area contributed by atoms with Crippen molar-refractivity contribution in [1.82, 2.24) is 15.1 Å². The Morgan fingerprint density at radius 1 is 1.10 bits per heavy atom. The molecule has 3 N–H and O–H groups in total. The fourth-order valence-electron chi connectivity index (χ4n) is 5.84. The van der Waals surface area contributed by atoms with Gasteiger partial charge in [-0.25, -0.2) is 0 Å². The largest absolute Gasteiger partial charge is 0.368 e. The van der Waals surface area contributed by atoms with Crippen LogP contribution in [0.25, 0.3) is 0 Å². The Morgan fingerprint density at radius 3 is 2.52 bits per heavy atom.